The van der Waals surface area contributed by atoms with Crippen LogP contribution < -0.4 is 5.32 Å². The van der Waals surface area contributed by atoms with Crippen molar-refractivity contribution in [2.75, 3.05) is 19.8 Å². The molecule has 96 valence electrons. The maximum absolute atomic E-state index is 8.96. The van der Waals surface area contributed by atoms with E-state index in [1.165, 1.54) is 25.7 Å². The zero-order valence-electron chi connectivity index (χ0n) is 10.4. The van der Waals surface area contributed by atoms with Crippen molar-refractivity contribution in [2.45, 2.75) is 56.7 Å². The Morgan fingerprint density at radius 1 is 1.35 bits per heavy atom. The molecule has 2 fully saturated rings. The SMILES string of the molecule is N#CC(CCOCC1CCCCO1)NC1CC1. The summed E-state index contributed by atoms with van der Waals surface area (Å²) in [5.41, 5.74) is 0. The van der Waals surface area contributed by atoms with Gasteiger partial charge in [-0.2, -0.15) is 5.26 Å². The van der Waals surface area contributed by atoms with Crippen LogP contribution in [0.3, 0.4) is 0 Å². The van der Waals surface area contributed by atoms with Crippen LogP contribution in [-0.2, 0) is 9.47 Å². The summed E-state index contributed by atoms with van der Waals surface area (Å²) in [6.07, 6.45) is 7.03. The molecule has 2 unspecified atom stereocenters. The molecule has 4 heteroatoms. The molecule has 0 bridgehead atoms. The van der Waals surface area contributed by atoms with E-state index < -0.39 is 0 Å². The number of hydrogen-bond donors (Lipinski definition) is 1. The largest absolute Gasteiger partial charge is 0.379 e. The number of nitrogens with zero attached hydrogens (tertiary/aromatic N) is 1. The molecule has 2 atom stereocenters. The van der Waals surface area contributed by atoms with Gasteiger partial charge in [-0.25, -0.2) is 0 Å². The van der Waals surface area contributed by atoms with Crippen LogP contribution in [-0.4, -0.2) is 38.0 Å². The number of ether oxygens (including phenoxy) is 2. The lowest BCUT2D eigenvalue weighted by Gasteiger charge is -2.22. The maximum Gasteiger partial charge on any atom is 0.0977 e. The maximum atomic E-state index is 8.96. The highest BCUT2D eigenvalue weighted by Crippen LogP contribution is 2.19. The number of nitrogens with one attached hydrogen (secondary N) is 1. The summed E-state index contributed by atoms with van der Waals surface area (Å²) >= 11 is 0. The number of hydrogen-bond acceptors (Lipinski definition) is 4. The highest BCUT2D eigenvalue weighted by Gasteiger charge is 2.24. The third-order valence-electron chi connectivity index (χ3n) is 3.30. The summed E-state index contributed by atoms with van der Waals surface area (Å²) in [5, 5.41) is 12.3. The smallest absolute Gasteiger partial charge is 0.0977 e. The molecule has 0 amide bonds. The van der Waals surface area contributed by atoms with Gasteiger partial charge in [0.15, 0.2) is 0 Å². The van der Waals surface area contributed by atoms with Crippen LogP contribution in [0.5, 0.6) is 0 Å². The summed E-state index contributed by atoms with van der Waals surface area (Å²) in [6.45, 7) is 2.21. The lowest BCUT2D eigenvalue weighted by molar-refractivity contribution is -0.0413. The van der Waals surface area contributed by atoms with Crippen LogP contribution in [0.2, 0.25) is 0 Å². The zero-order valence-corrected chi connectivity index (χ0v) is 10.4. The summed E-state index contributed by atoms with van der Waals surface area (Å²) in [6, 6.07) is 2.83. The van der Waals surface area contributed by atoms with E-state index in [0.717, 1.165) is 19.4 Å². The quantitative estimate of drug-likeness (QED) is 0.685. The van der Waals surface area contributed by atoms with Gasteiger partial charge in [-0.05, 0) is 38.5 Å². The summed E-state index contributed by atoms with van der Waals surface area (Å²) in [5.74, 6) is 0. The van der Waals surface area contributed by atoms with Gasteiger partial charge in [0.05, 0.1) is 24.8 Å². The minimum absolute atomic E-state index is 0.0465. The molecule has 1 N–H and O–H groups in total. The Labute approximate surface area is 103 Å². The molecular weight excluding hydrogens is 216 g/mol. The van der Waals surface area contributed by atoms with Crippen LogP contribution in [0.4, 0.5) is 0 Å². The van der Waals surface area contributed by atoms with Crippen molar-refractivity contribution in [2.24, 2.45) is 0 Å². The molecule has 4 nitrogen and oxygen atoms in total. The number of nitriles is 1. The van der Waals surface area contributed by atoms with Gasteiger partial charge in [0, 0.05) is 19.3 Å². The van der Waals surface area contributed by atoms with Gasteiger partial charge in [0.25, 0.3) is 0 Å². The molecule has 0 aromatic heterocycles. The van der Waals surface area contributed by atoms with Crippen molar-refractivity contribution in [3.63, 3.8) is 0 Å². The lowest BCUT2D eigenvalue weighted by Crippen LogP contribution is -2.31. The average molecular weight is 238 g/mol. The van der Waals surface area contributed by atoms with E-state index in [1.54, 1.807) is 0 Å². The molecule has 0 aromatic carbocycles. The van der Waals surface area contributed by atoms with Crippen LogP contribution in [0.25, 0.3) is 0 Å². The first-order chi connectivity index (χ1) is 8.38. The minimum Gasteiger partial charge on any atom is -0.379 e. The van der Waals surface area contributed by atoms with Gasteiger partial charge in [0.2, 0.25) is 0 Å². The second kappa shape index (κ2) is 6.95. The van der Waals surface area contributed by atoms with Gasteiger partial charge in [0.1, 0.15) is 0 Å². The Morgan fingerprint density at radius 3 is 2.88 bits per heavy atom. The highest BCUT2D eigenvalue weighted by molar-refractivity contribution is 4.95. The molecule has 1 saturated heterocycles. The highest BCUT2D eigenvalue weighted by atomic mass is 16.5. The van der Waals surface area contributed by atoms with Crippen molar-refractivity contribution in [3.05, 3.63) is 0 Å². The predicted octanol–water partition coefficient (Wildman–Crippen LogP) is 1.61. The van der Waals surface area contributed by atoms with Gasteiger partial charge in [-0.1, -0.05) is 0 Å². The van der Waals surface area contributed by atoms with E-state index in [2.05, 4.69) is 11.4 Å². The predicted molar refractivity (Wildman–Crippen MR) is 64.6 cm³/mol. The first kappa shape index (κ1) is 12.8. The fraction of sp³-hybridized carbons (Fsp3) is 0.923. The third-order valence-corrected chi connectivity index (χ3v) is 3.30. The van der Waals surface area contributed by atoms with E-state index in [4.69, 9.17) is 14.7 Å². The zero-order chi connectivity index (χ0) is 11.9. The molecule has 2 aliphatic rings. The average Bonchev–Trinajstić information content (AvgIpc) is 3.18. The Balaban J connectivity index is 1.50. The van der Waals surface area contributed by atoms with Crippen molar-refractivity contribution in [1.82, 2.24) is 5.32 Å². The van der Waals surface area contributed by atoms with Crippen LogP contribution in [0.1, 0.15) is 38.5 Å². The van der Waals surface area contributed by atoms with E-state index in [-0.39, 0.29) is 12.1 Å². The molecule has 1 saturated carbocycles. The van der Waals surface area contributed by atoms with E-state index in [1.807, 2.05) is 0 Å². The van der Waals surface area contributed by atoms with Gasteiger partial charge in [-0.15, -0.1) is 0 Å². The lowest BCUT2D eigenvalue weighted by atomic mass is 10.1. The topological polar surface area (TPSA) is 54.3 Å². The molecule has 0 spiro atoms. The Morgan fingerprint density at radius 2 is 2.24 bits per heavy atom. The summed E-state index contributed by atoms with van der Waals surface area (Å²) in [7, 11) is 0. The molecule has 0 aromatic rings. The summed E-state index contributed by atoms with van der Waals surface area (Å²) in [4.78, 5) is 0. The molecule has 1 aliphatic carbocycles. The molecule has 1 aliphatic heterocycles. The molecule has 17 heavy (non-hydrogen) atoms. The summed E-state index contributed by atoms with van der Waals surface area (Å²) < 4.78 is 11.2. The van der Waals surface area contributed by atoms with E-state index in [0.29, 0.717) is 19.3 Å². The fourth-order valence-electron chi connectivity index (χ4n) is 2.07. The Kier molecular flexibility index (Phi) is 5.24. The molecule has 0 radical (unpaired) electrons. The van der Waals surface area contributed by atoms with Crippen molar-refractivity contribution in [1.29, 1.82) is 5.26 Å². The molecular formula is C13H22N2O2. The van der Waals surface area contributed by atoms with E-state index >= 15 is 0 Å². The first-order valence-electron chi connectivity index (χ1n) is 6.73. The Bertz CT molecular complexity index is 255. The van der Waals surface area contributed by atoms with Crippen molar-refractivity contribution in [3.8, 4) is 6.07 Å². The second-order valence-corrected chi connectivity index (χ2v) is 4.97. The fourth-order valence-corrected chi connectivity index (χ4v) is 2.07. The van der Waals surface area contributed by atoms with Crippen molar-refractivity contribution < 1.29 is 9.47 Å². The van der Waals surface area contributed by atoms with Crippen LogP contribution in [0, 0.1) is 11.3 Å². The van der Waals surface area contributed by atoms with Gasteiger partial charge >= 0.3 is 0 Å². The van der Waals surface area contributed by atoms with Gasteiger partial charge in [-0.3, -0.25) is 5.32 Å². The minimum atomic E-state index is -0.0465. The van der Waals surface area contributed by atoms with Crippen molar-refractivity contribution >= 4 is 0 Å². The number of rotatable bonds is 7. The van der Waals surface area contributed by atoms with Crippen LogP contribution in [0.15, 0.2) is 0 Å². The third kappa shape index (κ3) is 5.03. The molecule has 2 rings (SSSR count). The first-order valence-corrected chi connectivity index (χ1v) is 6.73. The van der Waals surface area contributed by atoms with Crippen LogP contribution >= 0.6 is 0 Å². The Hall–Kier alpha value is -0.630. The second-order valence-electron chi connectivity index (χ2n) is 4.97. The molecule has 1 heterocycles. The van der Waals surface area contributed by atoms with E-state index in [9.17, 15) is 0 Å². The van der Waals surface area contributed by atoms with Gasteiger partial charge < -0.3 is 9.47 Å². The normalized spacial score (nSPS) is 26.4. The monoisotopic (exact) mass is 238 g/mol. The standard InChI is InChI=1S/C13H22N2O2/c14-9-12(15-11-4-5-11)6-8-16-10-13-3-1-2-7-17-13/h11-13,15H,1-8,10H2.